The van der Waals surface area contributed by atoms with E-state index in [0.717, 1.165) is 45.1 Å². The first-order valence-corrected chi connectivity index (χ1v) is 8.60. The second-order valence-electron chi connectivity index (χ2n) is 6.17. The zero-order valence-electron chi connectivity index (χ0n) is 14.8. The van der Waals surface area contributed by atoms with E-state index in [-0.39, 0.29) is 5.82 Å². The molecule has 2 aromatic rings. The van der Waals surface area contributed by atoms with E-state index in [1.165, 1.54) is 11.6 Å². The Hall–Kier alpha value is -2.57. The second-order valence-corrected chi connectivity index (χ2v) is 6.17. The summed E-state index contributed by atoms with van der Waals surface area (Å²) in [6, 6.07) is 6.96. The Bertz CT molecular complexity index is 718. The summed E-state index contributed by atoms with van der Waals surface area (Å²) < 4.78 is 15.7. The monoisotopic (exact) mass is 344 g/mol. The quantitative estimate of drug-likeness (QED) is 0.675. The molecule has 1 aromatic carbocycles. The van der Waals surface area contributed by atoms with Gasteiger partial charge in [-0.15, -0.1) is 0 Å². The number of rotatable bonds is 4. The smallest absolute Gasteiger partial charge is 0.193 e. The van der Waals surface area contributed by atoms with Crippen LogP contribution < -0.4 is 10.2 Å². The Morgan fingerprint density at radius 3 is 2.64 bits per heavy atom. The van der Waals surface area contributed by atoms with Gasteiger partial charge < -0.3 is 15.1 Å². The number of anilines is 1. The molecule has 1 fully saturated rings. The molecule has 2 heterocycles. The number of hydrogen-bond donors (Lipinski definition) is 1. The molecule has 0 radical (unpaired) electrons. The van der Waals surface area contributed by atoms with Gasteiger partial charge in [0.25, 0.3) is 0 Å². The van der Waals surface area contributed by atoms with Crippen molar-refractivity contribution < 1.29 is 4.39 Å². The van der Waals surface area contributed by atoms with E-state index in [1.54, 1.807) is 13.1 Å². The number of hydrogen-bond acceptors (Lipinski definition) is 3. The molecule has 25 heavy (non-hydrogen) atoms. The van der Waals surface area contributed by atoms with Crippen LogP contribution in [0.1, 0.15) is 5.56 Å². The van der Waals surface area contributed by atoms with E-state index in [0.29, 0.717) is 5.69 Å². The lowest BCUT2D eigenvalue weighted by Crippen LogP contribution is -2.53. The van der Waals surface area contributed by atoms with Crippen molar-refractivity contribution in [3.63, 3.8) is 0 Å². The minimum absolute atomic E-state index is 0.157. The molecule has 1 aliphatic rings. The number of nitrogens with one attached hydrogen (secondary N) is 1. The lowest BCUT2D eigenvalue weighted by molar-refractivity contribution is 0.371. The third kappa shape index (κ3) is 4.29. The maximum atomic E-state index is 13.9. The third-order valence-corrected chi connectivity index (χ3v) is 4.44. The molecule has 1 N–H and O–H groups in total. The average molecular weight is 344 g/mol. The number of benzene rings is 1. The van der Waals surface area contributed by atoms with Gasteiger partial charge in [0.1, 0.15) is 5.82 Å². The number of piperazine rings is 1. The van der Waals surface area contributed by atoms with Gasteiger partial charge in [0.05, 0.1) is 11.9 Å². The largest absolute Gasteiger partial charge is 0.366 e. The summed E-state index contributed by atoms with van der Waals surface area (Å²) in [6.45, 7) is 4.02. The number of aryl methyl sites for hydroxylation is 1. The van der Waals surface area contributed by atoms with Crippen LogP contribution in [-0.2, 0) is 13.5 Å². The molecule has 134 valence electrons. The highest BCUT2D eigenvalue weighted by atomic mass is 19.1. The molecule has 0 bridgehead atoms. The molecule has 6 nitrogen and oxygen atoms in total. The van der Waals surface area contributed by atoms with Crippen LogP contribution in [0, 0.1) is 5.82 Å². The van der Waals surface area contributed by atoms with Gasteiger partial charge in [0.2, 0.25) is 0 Å². The Morgan fingerprint density at radius 1 is 1.24 bits per heavy atom. The topological polar surface area (TPSA) is 48.7 Å². The molecular formula is C18H25FN6. The number of para-hydroxylation sites is 1. The normalized spacial score (nSPS) is 15.6. The van der Waals surface area contributed by atoms with Crippen LogP contribution in [0.5, 0.6) is 0 Å². The number of halogens is 1. The van der Waals surface area contributed by atoms with E-state index in [1.807, 2.05) is 36.3 Å². The fourth-order valence-corrected chi connectivity index (χ4v) is 3.12. The van der Waals surface area contributed by atoms with Crippen LogP contribution in [-0.4, -0.2) is 60.4 Å². The summed E-state index contributed by atoms with van der Waals surface area (Å²) in [5.41, 5.74) is 1.89. The van der Waals surface area contributed by atoms with Crippen molar-refractivity contribution in [1.82, 2.24) is 20.0 Å². The summed E-state index contributed by atoms with van der Waals surface area (Å²) >= 11 is 0. The highest BCUT2D eigenvalue weighted by molar-refractivity contribution is 5.80. The van der Waals surface area contributed by atoms with Crippen molar-refractivity contribution in [2.75, 3.05) is 44.7 Å². The SMILES string of the molecule is CN=C(NCCc1cnn(C)c1)N1CCN(c2ccccc2F)CC1. The number of nitrogens with zero attached hydrogens (tertiary/aromatic N) is 5. The second kappa shape index (κ2) is 8.00. The standard InChI is InChI=1S/C18H25FN6/c1-20-18(21-8-7-15-13-22-23(2)14-15)25-11-9-24(10-12-25)17-6-4-3-5-16(17)19/h3-6,13-14H,7-12H2,1-2H3,(H,20,21). The summed E-state index contributed by atoms with van der Waals surface area (Å²) in [7, 11) is 3.72. The van der Waals surface area contributed by atoms with Crippen molar-refractivity contribution in [1.29, 1.82) is 0 Å². The van der Waals surface area contributed by atoms with Gasteiger partial charge in [-0.3, -0.25) is 9.67 Å². The highest BCUT2D eigenvalue weighted by Gasteiger charge is 2.21. The van der Waals surface area contributed by atoms with Crippen molar-refractivity contribution in [2.24, 2.45) is 12.0 Å². The minimum Gasteiger partial charge on any atom is -0.366 e. The first-order chi connectivity index (χ1) is 12.2. The van der Waals surface area contributed by atoms with Gasteiger partial charge in [-0.05, 0) is 24.1 Å². The maximum absolute atomic E-state index is 13.9. The van der Waals surface area contributed by atoms with Gasteiger partial charge in [0.15, 0.2) is 5.96 Å². The lowest BCUT2D eigenvalue weighted by atomic mass is 10.2. The first-order valence-electron chi connectivity index (χ1n) is 8.60. The van der Waals surface area contributed by atoms with Crippen molar-refractivity contribution >= 4 is 11.6 Å². The first kappa shape index (κ1) is 17.3. The average Bonchev–Trinajstić information content (AvgIpc) is 3.05. The van der Waals surface area contributed by atoms with Crippen LogP contribution in [0.4, 0.5) is 10.1 Å². The molecule has 7 heteroatoms. The van der Waals surface area contributed by atoms with E-state index in [9.17, 15) is 4.39 Å². The Labute approximate surface area is 148 Å². The molecular weight excluding hydrogens is 319 g/mol. The van der Waals surface area contributed by atoms with Crippen molar-refractivity contribution in [3.8, 4) is 0 Å². The molecule has 0 unspecified atom stereocenters. The van der Waals surface area contributed by atoms with Crippen LogP contribution >= 0.6 is 0 Å². The number of aromatic nitrogens is 2. The third-order valence-electron chi connectivity index (χ3n) is 4.44. The summed E-state index contributed by atoms with van der Waals surface area (Å²) in [5.74, 6) is 0.743. The number of guanidine groups is 1. The van der Waals surface area contributed by atoms with Crippen molar-refractivity contribution in [2.45, 2.75) is 6.42 Å². The molecule has 3 rings (SSSR count). The van der Waals surface area contributed by atoms with E-state index in [4.69, 9.17) is 0 Å². The maximum Gasteiger partial charge on any atom is 0.193 e. The van der Waals surface area contributed by atoms with E-state index >= 15 is 0 Å². The fourth-order valence-electron chi connectivity index (χ4n) is 3.12. The van der Waals surface area contributed by atoms with Crippen LogP contribution in [0.2, 0.25) is 0 Å². The van der Waals surface area contributed by atoms with E-state index < -0.39 is 0 Å². The Balaban J connectivity index is 1.49. The zero-order valence-corrected chi connectivity index (χ0v) is 14.8. The van der Waals surface area contributed by atoms with Gasteiger partial charge >= 0.3 is 0 Å². The molecule has 0 amide bonds. The highest BCUT2D eigenvalue weighted by Crippen LogP contribution is 2.20. The minimum atomic E-state index is -0.157. The van der Waals surface area contributed by atoms with Crippen LogP contribution in [0.3, 0.4) is 0 Å². The van der Waals surface area contributed by atoms with Gasteiger partial charge in [-0.2, -0.15) is 5.10 Å². The van der Waals surface area contributed by atoms with Gasteiger partial charge in [-0.1, -0.05) is 12.1 Å². The molecule has 0 atom stereocenters. The molecule has 1 aliphatic heterocycles. The molecule has 1 aromatic heterocycles. The fraction of sp³-hybridized carbons (Fsp3) is 0.444. The summed E-state index contributed by atoms with van der Waals surface area (Å²) in [5, 5.41) is 7.59. The van der Waals surface area contributed by atoms with Crippen LogP contribution in [0.25, 0.3) is 0 Å². The van der Waals surface area contributed by atoms with Gasteiger partial charge in [-0.25, -0.2) is 4.39 Å². The summed E-state index contributed by atoms with van der Waals surface area (Å²) in [6.07, 6.45) is 4.82. The predicted octanol–water partition coefficient (Wildman–Crippen LogP) is 1.50. The van der Waals surface area contributed by atoms with Crippen LogP contribution in [0.15, 0.2) is 41.7 Å². The molecule has 0 saturated carbocycles. The molecule has 0 spiro atoms. The molecule has 0 aliphatic carbocycles. The predicted molar refractivity (Wildman–Crippen MR) is 98.5 cm³/mol. The number of aliphatic imine (C=N–C) groups is 1. The van der Waals surface area contributed by atoms with Gasteiger partial charge in [0, 0.05) is 53.0 Å². The zero-order chi connectivity index (χ0) is 17.6. The summed E-state index contributed by atoms with van der Waals surface area (Å²) in [4.78, 5) is 8.70. The van der Waals surface area contributed by atoms with Crippen molar-refractivity contribution in [3.05, 3.63) is 48.0 Å². The Kier molecular flexibility index (Phi) is 5.53. The molecule has 1 saturated heterocycles. The lowest BCUT2D eigenvalue weighted by Gasteiger charge is -2.37. The Morgan fingerprint density at radius 2 is 2.00 bits per heavy atom. The van der Waals surface area contributed by atoms with E-state index in [2.05, 4.69) is 25.2 Å².